The lowest BCUT2D eigenvalue weighted by Crippen LogP contribution is -2.50. The molecule has 0 bridgehead atoms. The number of carbonyl (C=O) groups excluding carboxylic acids is 2. The van der Waals surface area contributed by atoms with Crippen molar-refractivity contribution in [3.63, 3.8) is 0 Å². The van der Waals surface area contributed by atoms with Crippen LogP contribution in [-0.4, -0.2) is 52.7 Å². The van der Waals surface area contributed by atoms with Crippen LogP contribution in [0.3, 0.4) is 0 Å². The van der Waals surface area contributed by atoms with Crippen molar-refractivity contribution < 1.29 is 29.4 Å². The zero-order valence-corrected chi connectivity index (χ0v) is 9.30. The third-order valence-corrected chi connectivity index (χ3v) is 2.29. The van der Waals surface area contributed by atoms with Gasteiger partial charge in [-0.2, -0.15) is 0 Å². The Hall–Kier alpha value is -2.32. The van der Waals surface area contributed by atoms with Crippen LogP contribution in [0.5, 0.6) is 0 Å². The predicted molar refractivity (Wildman–Crippen MR) is 56.8 cm³/mol. The smallest absolute Gasteiger partial charge is 0.326 e. The first-order chi connectivity index (χ1) is 8.38. The Morgan fingerprint density at radius 2 is 2.06 bits per heavy atom. The first-order valence-electron chi connectivity index (χ1n) is 5.17. The van der Waals surface area contributed by atoms with Gasteiger partial charge < -0.3 is 26.2 Å². The van der Waals surface area contributed by atoms with Crippen molar-refractivity contribution in [1.29, 1.82) is 0 Å². The quantitative estimate of drug-likeness (QED) is 0.390. The normalized spacial score (nSPS) is 19.8. The number of aliphatic carboxylic acids is 2. The number of carboxylic acid groups (broad SMARTS) is 2. The standard InChI is InChI=1S/C9H13N3O6/c13-6-1-4(3-10-6)11-9(18)12-5(8(16)17)2-7(14)15/h4-5H,1-3H2,(H,10,13)(H,14,15)(H,16,17)(H2,11,12,18). The highest BCUT2D eigenvalue weighted by atomic mass is 16.4. The molecule has 1 aliphatic rings. The van der Waals surface area contributed by atoms with Crippen LogP contribution in [0.1, 0.15) is 12.8 Å². The Labute approximate surface area is 102 Å². The molecule has 0 saturated carbocycles. The molecule has 0 aliphatic carbocycles. The van der Waals surface area contributed by atoms with E-state index >= 15 is 0 Å². The van der Waals surface area contributed by atoms with E-state index in [-0.39, 0.29) is 18.9 Å². The maximum atomic E-state index is 11.4. The fourth-order valence-electron chi connectivity index (χ4n) is 1.47. The van der Waals surface area contributed by atoms with Crippen LogP contribution in [0.25, 0.3) is 0 Å². The molecule has 3 amide bonds. The predicted octanol–water partition coefficient (Wildman–Crippen LogP) is -1.90. The molecule has 0 spiro atoms. The van der Waals surface area contributed by atoms with E-state index in [1.165, 1.54) is 0 Å². The fourth-order valence-corrected chi connectivity index (χ4v) is 1.47. The van der Waals surface area contributed by atoms with Crippen LogP contribution < -0.4 is 16.0 Å². The number of nitrogens with one attached hydrogen (secondary N) is 3. The van der Waals surface area contributed by atoms with Gasteiger partial charge in [-0.15, -0.1) is 0 Å². The summed E-state index contributed by atoms with van der Waals surface area (Å²) >= 11 is 0. The monoisotopic (exact) mass is 259 g/mol. The third-order valence-electron chi connectivity index (χ3n) is 2.29. The Bertz CT molecular complexity index is 382. The highest BCUT2D eigenvalue weighted by Gasteiger charge is 2.26. The van der Waals surface area contributed by atoms with Gasteiger partial charge in [0.1, 0.15) is 6.04 Å². The summed E-state index contributed by atoms with van der Waals surface area (Å²) in [5.41, 5.74) is 0. The molecule has 0 aromatic rings. The SMILES string of the molecule is O=C(O)CC(NC(=O)NC1CNC(=O)C1)C(=O)O. The van der Waals surface area contributed by atoms with Crippen LogP contribution in [-0.2, 0) is 14.4 Å². The lowest BCUT2D eigenvalue weighted by Gasteiger charge is -2.15. The molecule has 2 atom stereocenters. The van der Waals surface area contributed by atoms with E-state index < -0.39 is 36.5 Å². The summed E-state index contributed by atoms with van der Waals surface area (Å²) in [6, 6.07) is -2.74. The average molecular weight is 259 g/mol. The van der Waals surface area contributed by atoms with E-state index in [1.807, 2.05) is 5.32 Å². The van der Waals surface area contributed by atoms with Gasteiger partial charge in [-0.1, -0.05) is 0 Å². The van der Waals surface area contributed by atoms with Gasteiger partial charge in [-0.25, -0.2) is 9.59 Å². The van der Waals surface area contributed by atoms with Gasteiger partial charge in [0.2, 0.25) is 5.91 Å². The molecule has 1 fully saturated rings. The van der Waals surface area contributed by atoms with E-state index in [0.29, 0.717) is 0 Å². The average Bonchev–Trinajstić information content (AvgIpc) is 2.62. The summed E-state index contributed by atoms with van der Waals surface area (Å²) in [6.07, 6.45) is -0.602. The van der Waals surface area contributed by atoms with E-state index in [1.54, 1.807) is 0 Å². The van der Waals surface area contributed by atoms with Crippen molar-refractivity contribution in [3.8, 4) is 0 Å². The molecule has 9 nitrogen and oxygen atoms in total. The van der Waals surface area contributed by atoms with Crippen molar-refractivity contribution in [2.45, 2.75) is 24.9 Å². The van der Waals surface area contributed by atoms with Crippen LogP contribution in [0.15, 0.2) is 0 Å². The molecule has 1 saturated heterocycles. The fraction of sp³-hybridized carbons (Fsp3) is 0.556. The van der Waals surface area contributed by atoms with Gasteiger partial charge in [0.25, 0.3) is 0 Å². The molecule has 1 aliphatic heterocycles. The lowest BCUT2D eigenvalue weighted by molar-refractivity contribution is -0.145. The molecule has 18 heavy (non-hydrogen) atoms. The summed E-state index contributed by atoms with van der Waals surface area (Å²) in [6.45, 7) is 0.267. The highest BCUT2D eigenvalue weighted by molar-refractivity contribution is 5.87. The minimum atomic E-state index is -1.51. The van der Waals surface area contributed by atoms with Crippen LogP contribution >= 0.6 is 0 Å². The van der Waals surface area contributed by atoms with Crippen LogP contribution in [0.2, 0.25) is 0 Å². The number of carboxylic acids is 2. The minimum absolute atomic E-state index is 0.115. The number of rotatable bonds is 5. The molecule has 0 radical (unpaired) electrons. The summed E-state index contributed by atoms with van der Waals surface area (Å²) in [7, 11) is 0. The maximum absolute atomic E-state index is 11.4. The third kappa shape index (κ3) is 4.28. The first-order valence-corrected chi connectivity index (χ1v) is 5.17. The van der Waals surface area contributed by atoms with Crippen LogP contribution in [0.4, 0.5) is 4.79 Å². The summed E-state index contributed by atoms with van der Waals surface area (Å²) in [5, 5.41) is 24.1. The van der Waals surface area contributed by atoms with Gasteiger partial charge in [0.15, 0.2) is 0 Å². The Morgan fingerprint density at radius 3 is 2.50 bits per heavy atom. The molecule has 9 heteroatoms. The van der Waals surface area contributed by atoms with E-state index in [2.05, 4.69) is 10.6 Å². The Kier molecular flexibility index (Phi) is 4.46. The number of hydrogen-bond donors (Lipinski definition) is 5. The maximum Gasteiger partial charge on any atom is 0.326 e. The van der Waals surface area contributed by atoms with Crippen molar-refractivity contribution in [2.75, 3.05) is 6.54 Å². The van der Waals surface area contributed by atoms with Gasteiger partial charge in [0.05, 0.1) is 12.5 Å². The second kappa shape index (κ2) is 5.84. The summed E-state index contributed by atoms with van der Waals surface area (Å²) in [4.78, 5) is 43.3. The molecule has 100 valence electrons. The van der Waals surface area contributed by atoms with E-state index in [0.717, 1.165) is 0 Å². The van der Waals surface area contributed by atoms with Crippen molar-refractivity contribution in [2.24, 2.45) is 0 Å². The summed E-state index contributed by atoms with van der Waals surface area (Å²) < 4.78 is 0. The number of hydrogen-bond acceptors (Lipinski definition) is 4. The Morgan fingerprint density at radius 1 is 1.39 bits per heavy atom. The van der Waals surface area contributed by atoms with Crippen molar-refractivity contribution in [3.05, 3.63) is 0 Å². The molecular formula is C9H13N3O6. The van der Waals surface area contributed by atoms with E-state index in [9.17, 15) is 19.2 Å². The molecule has 1 rings (SSSR count). The van der Waals surface area contributed by atoms with Gasteiger partial charge in [0, 0.05) is 13.0 Å². The summed E-state index contributed by atoms with van der Waals surface area (Å²) in [5.74, 6) is -2.98. The second-order valence-corrected chi connectivity index (χ2v) is 3.81. The molecule has 1 heterocycles. The molecule has 5 N–H and O–H groups in total. The first kappa shape index (κ1) is 13.7. The number of carbonyl (C=O) groups is 4. The lowest BCUT2D eigenvalue weighted by atomic mass is 10.2. The minimum Gasteiger partial charge on any atom is -0.481 e. The van der Waals surface area contributed by atoms with Gasteiger partial charge in [-0.05, 0) is 0 Å². The Balaban J connectivity index is 2.43. The van der Waals surface area contributed by atoms with Gasteiger partial charge >= 0.3 is 18.0 Å². The molecule has 0 aromatic heterocycles. The number of amides is 3. The van der Waals surface area contributed by atoms with E-state index in [4.69, 9.17) is 10.2 Å². The van der Waals surface area contributed by atoms with Gasteiger partial charge in [-0.3, -0.25) is 9.59 Å². The molecule has 2 unspecified atom stereocenters. The largest absolute Gasteiger partial charge is 0.481 e. The molecule has 0 aromatic carbocycles. The second-order valence-electron chi connectivity index (χ2n) is 3.81. The number of urea groups is 1. The van der Waals surface area contributed by atoms with Crippen molar-refractivity contribution >= 4 is 23.9 Å². The zero-order chi connectivity index (χ0) is 13.7. The van der Waals surface area contributed by atoms with Crippen LogP contribution in [0, 0.1) is 0 Å². The zero-order valence-electron chi connectivity index (χ0n) is 9.30. The highest BCUT2D eigenvalue weighted by Crippen LogP contribution is 1.99. The molecular weight excluding hydrogens is 246 g/mol. The van der Waals surface area contributed by atoms with Crippen molar-refractivity contribution in [1.82, 2.24) is 16.0 Å². The topological polar surface area (TPSA) is 145 Å².